The summed E-state index contributed by atoms with van der Waals surface area (Å²) in [4.78, 5) is 29.6. The summed E-state index contributed by atoms with van der Waals surface area (Å²) in [6.07, 6.45) is 0.676. The van der Waals surface area contributed by atoms with Gasteiger partial charge in [-0.2, -0.15) is 0 Å². The highest BCUT2D eigenvalue weighted by Gasteiger charge is 2.45. The summed E-state index contributed by atoms with van der Waals surface area (Å²) in [7, 11) is 3.89. The Morgan fingerprint density at radius 3 is 2.38 bits per heavy atom. The predicted molar refractivity (Wildman–Crippen MR) is 132 cm³/mol. The smallest absolute Gasteiger partial charge is 0.295 e. The first-order chi connectivity index (χ1) is 16.1. The summed E-state index contributed by atoms with van der Waals surface area (Å²) < 4.78 is 5.82. The first kappa shape index (κ1) is 25.3. The molecule has 1 aliphatic heterocycles. The number of likely N-dealkylation sites (tertiary alicyclic amines) is 1. The lowest BCUT2D eigenvalue weighted by atomic mass is 9.94. The zero-order chi connectivity index (χ0) is 25.0. The largest absolute Gasteiger partial charge is 0.508 e. The zero-order valence-electron chi connectivity index (χ0n) is 20.5. The van der Waals surface area contributed by atoms with Crippen LogP contribution in [0.2, 0.25) is 0 Å². The van der Waals surface area contributed by atoms with E-state index in [-0.39, 0.29) is 17.1 Å². The van der Waals surface area contributed by atoms with Gasteiger partial charge in [-0.25, -0.2) is 0 Å². The number of ether oxygens (including phenoxy) is 1. The van der Waals surface area contributed by atoms with Crippen LogP contribution in [-0.4, -0.2) is 65.5 Å². The number of phenolic OH excluding ortho intramolecular Hbond substituents is 1. The number of ketones is 1. The van der Waals surface area contributed by atoms with E-state index in [1.165, 1.54) is 17.0 Å². The van der Waals surface area contributed by atoms with E-state index in [4.69, 9.17) is 4.74 Å². The Labute approximate surface area is 201 Å². The maximum atomic E-state index is 13.1. The van der Waals surface area contributed by atoms with E-state index in [9.17, 15) is 19.8 Å². The highest BCUT2D eigenvalue weighted by molar-refractivity contribution is 6.46. The van der Waals surface area contributed by atoms with Crippen LogP contribution < -0.4 is 4.74 Å². The molecule has 1 aliphatic rings. The summed E-state index contributed by atoms with van der Waals surface area (Å²) in [5.41, 5.74) is 1.98. The van der Waals surface area contributed by atoms with Crippen molar-refractivity contribution in [2.24, 2.45) is 5.92 Å². The second-order valence-electron chi connectivity index (χ2n) is 9.43. The van der Waals surface area contributed by atoms with Gasteiger partial charge in [0, 0.05) is 12.1 Å². The Morgan fingerprint density at radius 1 is 1.12 bits per heavy atom. The highest BCUT2D eigenvalue weighted by atomic mass is 16.5. The number of phenols is 1. The first-order valence-corrected chi connectivity index (χ1v) is 11.6. The lowest BCUT2D eigenvalue weighted by Crippen LogP contribution is -2.32. The number of nitrogens with zero attached hydrogens (tertiary/aromatic N) is 2. The molecule has 0 bridgehead atoms. The molecule has 2 aromatic rings. The van der Waals surface area contributed by atoms with E-state index in [1.807, 2.05) is 25.9 Å². The van der Waals surface area contributed by atoms with Crippen LogP contribution in [0.4, 0.5) is 0 Å². The molecule has 0 aromatic heterocycles. The van der Waals surface area contributed by atoms with Gasteiger partial charge in [-0.15, -0.1) is 0 Å². The average Bonchev–Trinajstić information content (AvgIpc) is 3.03. The summed E-state index contributed by atoms with van der Waals surface area (Å²) in [6.45, 7) is 7.70. The Morgan fingerprint density at radius 2 is 1.79 bits per heavy atom. The minimum Gasteiger partial charge on any atom is -0.508 e. The van der Waals surface area contributed by atoms with Crippen molar-refractivity contribution >= 4 is 17.4 Å². The molecule has 0 aliphatic carbocycles. The fourth-order valence-electron chi connectivity index (χ4n) is 4.04. The monoisotopic (exact) mass is 466 g/mol. The number of aryl methyl sites for hydroxylation is 1. The van der Waals surface area contributed by atoms with Crippen LogP contribution in [0, 0.1) is 12.8 Å². The standard InChI is InChI=1S/C27H34N2O5/c1-17(2)16-34-22-12-9-20(15-18(22)3)25(31)23-24(19-7-10-21(30)11-8-19)29(27(33)26(23)32)14-6-13-28(4)5/h7-12,15,17,24,30-31H,6,13-14,16H2,1-5H3/t24-/m0/s1. The minimum absolute atomic E-state index is 0.0517. The number of hydrogen-bond acceptors (Lipinski definition) is 6. The number of carbonyl (C=O) groups is 2. The Bertz CT molecular complexity index is 1070. The van der Waals surface area contributed by atoms with Gasteiger partial charge in [-0.05, 0) is 81.4 Å². The van der Waals surface area contributed by atoms with Gasteiger partial charge in [0.15, 0.2) is 0 Å². The van der Waals surface area contributed by atoms with Crippen LogP contribution in [0.15, 0.2) is 48.0 Å². The van der Waals surface area contributed by atoms with Gasteiger partial charge in [0.2, 0.25) is 0 Å². The van der Waals surface area contributed by atoms with Gasteiger partial charge in [0.1, 0.15) is 17.3 Å². The van der Waals surface area contributed by atoms with Crippen molar-refractivity contribution in [1.29, 1.82) is 0 Å². The molecule has 1 amide bonds. The van der Waals surface area contributed by atoms with Crippen LogP contribution >= 0.6 is 0 Å². The number of aliphatic hydroxyl groups excluding tert-OH is 1. The van der Waals surface area contributed by atoms with E-state index < -0.39 is 17.7 Å². The molecule has 1 saturated heterocycles. The molecule has 3 rings (SSSR count). The molecule has 34 heavy (non-hydrogen) atoms. The number of aliphatic hydroxyl groups is 1. The topological polar surface area (TPSA) is 90.3 Å². The van der Waals surface area contributed by atoms with Crippen molar-refractivity contribution in [3.63, 3.8) is 0 Å². The number of aromatic hydroxyl groups is 1. The number of benzene rings is 2. The van der Waals surface area contributed by atoms with Crippen molar-refractivity contribution < 1.29 is 24.5 Å². The van der Waals surface area contributed by atoms with Crippen LogP contribution in [-0.2, 0) is 9.59 Å². The molecule has 182 valence electrons. The number of carbonyl (C=O) groups excluding carboxylic acids is 2. The number of hydrogen-bond donors (Lipinski definition) is 2. The zero-order valence-corrected chi connectivity index (χ0v) is 20.5. The molecule has 1 fully saturated rings. The van der Waals surface area contributed by atoms with Crippen molar-refractivity contribution in [2.75, 3.05) is 33.8 Å². The predicted octanol–water partition coefficient (Wildman–Crippen LogP) is 4.11. The summed E-state index contributed by atoms with van der Waals surface area (Å²) >= 11 is 0. The molecule has 0 radical (unpaired) electrons. The molecule has 2 aromatic carbocycles. The Kier molecular flexibility index (Phi) is 7.99. The molecule has 7 heteroatoms. The second kappa shape index (κ2) is 10.7. The van der Waals surface area contributed by atoms with Crippen LogP contribution in [0.1, 0.15) is 43.0 Å². The third-order valence-electron chi connectivity index (χ3n) is 5.77. The molecule has 0 saturated carbocycles. The normalized spacial score (nSPS) is 17.7. The molecule has 0 spiro atoms. The third-order valence-corrected chi connectivity index (χ3v) is 5.77. The van der Waals surface area contributed by atoms with E-state index in [0.29, 0.717) is 42.4 Å². The molecule has 2 N–H and O–H groups in total. The van der Waals surface area contributed by atoms with E-state index in [0.717, 1.165) is 12.1 Å². The van der Waals surface area contributed by atoms with Gasteiger partial charge in [0.25, 0.3) is 11.7 Å². The maximum Gasteiger partial charge on any atom is 0.295 e. The van der Waals surface area contributed by atoms with Crippen molar-refractivity contribution in [2.45, 2.75) is 33.2 Å². The highest BCUT2D eigenvalue weighted by Crippen LogP contribution is 2.40. The van der Waals surface area contributed by atoms with Gasteiger partial charge < -0.3 is 24.7 Å². The fraction of sp³-hybridized carbons (Fsp3) is 0.407. The number of amides is 1. The summed E-state index contributed by atoms with van der Waals surface area (Å²) in [5.74, 6) is -0.387. The SMILES string of the molecule is Cc1cc(C(O)=C2C(=O)C(=O)N(CCCN(C)C)[C@H]2c2ccc(O)cc2)ccc1OCC(C)C. The molecule has 7 nitrogen and oxygen atoms in total. The molecule has 1 atom stereocenters. The average molecular weight is 467 g/mol. The van der Waals surface area contributed by atoms with Crippen LogP contribution in [0.3, 0.4) is 0 Å². The molecular weight excluding hydrogens is 432 g/mol. The summed E-state index contributed by atoms with van der Waals surface area (Å²) in [5, 5.41) is 21.0. The summed E-state index contributed by atoms with van der Waals surface area (Å²) in [6, 6.07) is 10.9. The molecule has 0 unspecified atom stereocenters. The van der Waals surface area contributed by atoms with E-state index >= 15 is 0 Å². The van der Waals surface area contributed by atoms with Gasteiger partial charge in [0.05, 0.1) is 18.2 Å². The molecular formula is C27H34N2O5. The van der Waals surface area contributed by atoms with E-state index in [2.05, 4.69) is 13.8 Å². The fourth-order valence-corrected chi connectivity index (χ4v) is 4.04. The molecule has 1 heterocycles. The lowest BCUT2D eigenvalue weighted by Gasteiger charge is -2.26. The third kappa shape index (κ3) is 5.59. The van der Waals surface area contributed by atoms with Crippen molar-refractivity contribution in [1.82, 2.24) is 9.80 Å². The second-order valence-corrected chi connectivity index (χ2v) is 9.43. The van der Waals surface area contributed by atoms with Crippen LogP contribution in [0.5, 0.6) is 11.5 Å². The lowest BCUT2D eigenvalue weighted by molar-refractivity contribution is -0.139. The van der Waals surface area contributed by atoms with Gasteiger partial charge in [-0.1, -0.05) is 26.0 Å². The Balaban J connectivity index is 2.03. The maximum absolute atomic E-state index is 13.1. The Hall–Kier alpha value is -3.32. The number of Topliss-reactive ketones (excluding diaryl/α,β-unsaturated/α-hetero) is 1. The minimum atomic E-state index is -0.736. The van der Waals surface area contributed by atoms with Crippen molar-refractivity contribution in [3.05, 3.63) is 64.7 Å². The first-order valence-electron chi connectivity index (χ1n) is 11.6. The van der Waals surface area contributed by atoms with Crippen molar-refractivity contribution in [3.8, 4) is 11.5 Å². The van der Waals surface area contributed by atoms with Gasteiger partial charge >= 0.3 is 0 Å². The van der Waals surface area contributed by atoms with E-state index in [1.54, 1.807) is 30.3 Å². The van der Waals surface area contributed by atoms with Gasteiger partial charge in [-0.3, -0.25) is 9.59 Å². The van der Waals surface area contributed by atoms with Crippen LogP contribution in [0.25, 0.3) is 5.76 Å². The number of rotatable bonds is 9. The quantitative estimate of drug-likeness (QED) is 0.328.